The van der Waals surface area contributed by atoms with Gasteiger partial charge in [-0.1, -0.05) is 27.5 Å². The zero-order valence-corrected chi connectivity index (χ0v) is 22.5. The Morgan fingerprint density at radius 2 is 1.74 bits per heavy atom. The largest absolute Gasteiger partial charge is 0.378 e. The molecular weight excluding hydrogens is 628 g/mol. The Kier molecular flexibility index (Phi) is 7.82. The zero-order valence-electron chi connectivity index (χ0n) is 18.5. The van der Waals surface area contributed by atoms with E-state index < -0.39 is 25.9 Å². The van der Waals surface area contributed by atoms with E-state index in [1.807, 2.05) is 0 Å². The maximum absolute atomic E-state index is 12.8. The summed E-state index contributed by atoms with van der Waals surface area (Å²) in [5.74, 6) is -0.694. The number of thioether (sulfide) groups is 1. The minimum Gasteiger partial charge on any atom is -0.378 e. The third-order valence-corrected chi connectivity index (χ3v) is 7.69. The molecule has 0 aliphatic carbocycles. The highest BCUT2D eigenvalue weighted by Crippen LogP contribution is 2.35. The van der Waals surface area contributed by atoms with Crippen molar-refractivity contribution in [1.82, 2.24) is 5.32 Å². The lowest BCUT2D eigenvalue weighted by Gasteiger charge is -2.10. The molecule has 12 nitrogen and oxygen atoms in total. The van der Waals surface area contributed by atoms with Crippen LogP contribution in [-0.4, -0.2) is 29.3 Å². The molecule has 16 heteroatoms. The first kappa shape index (κ1) is 27.3. The minimum atomic E-state index is -4.38. The number of carbonyl (C=O) groups is 1. The van der Waals surface area contributed by atoms with Crippen molar-refractivity contribution in [3.63, 3.8) is 0 Å². The summed E-state index contributed by atoms with van der Waals surface area (Å²) in [6, 6.07) is 12.5. The van der Waals surface area contributed by atoms with Crippen molar-refractivity contribution in [2.75, 3.05) is 0 Å². The van der Waals surface area contributed by atoms with Crippen LogP contribution in [0.15, 0.2) is 79.9 Å². The van der Waals surface area contributed by atoms with Crippen molar-refractivity contribution in [2.45, 2.75) is 4.90 Å². The van der Waals surface area contributed by atoms with Crippen LogP contribution in [0.25, 0.3) is 6.08 Å². The number of nitrogens with zero attached hydrogens (tertiary/aromatic N) is 3. The van der Waals surface area contributed by atoms with Crippen LogP contribution in [0.4, 0.5) is 17.1 Å². The maximum atomic E-state index is 12.8. The second-order valence-corrected chi connectivity index (χ2v) is 11.3. The van der Waals surface area contributed by atoms with Crippen molar-refractivity contribution >= 4 is 83.6 Å². The quantitative estimate of drug-likeness (QED) is 0.150. The van der Waals surface area contributed by atoms with Gasteiger partial charge in [0.25, 0.3) is 17.3 Å². The first-order chi connectivity index (χ1) is 17.9. The summed E-state index contributed by atoms with van der Waals surface area (Å²) in [6.45, 7) is 0. The summed E-state index contributed by atoms with van der Waals surface area (Å²) in [5.41, 5.74) is -0.453. The Morgan fingerprint density at radius 3 is 2.39 bits per heavy atom. The standard InChI is InChI=1S/C22H12BrClN4O8S2/c23-13-1-8-19(36-38(34,35)16-5-3-15(4-6-16)27(30)31)12(9-13)10-20-21(29)26-22(37-20)25-17-7-2-14(24)11-18(17)28(32)33/h1-11H,(H,25,26,29)/b20-10+. The average Bonchev–Trinajstić information content (AvgIpc) is 3.20. The van der Waals surface area contributed by atoms with E-state index in [0.717, 1.165) is 42.1 Å². The molecule has 4 rings (SSSR count). The van der Waals surface area contributed by atoms with Gasteiger partial charge in [-0.25, -0.2) is 4.99 Å². The molecule has 1 heterocycles. The minimum absolute atomic E-state index is 0.0240. The number of hydrogen-bond donors (Lipinski definition) is 1. The summed E-state index contributed by atoms with van der Waals surface area (Å²) in [6.07, 6.45) is 1.37. The fourth-order valence-electron chi connectivity index (χ4n) is 3.08. The smallest absolute Gasteiger partial charge is 0.339 e. The van der Waals surface area contributed by atoms with E-state index in [9.17, 15) is 33.4 Å². The Morgan fingerprint density at radius 1 is 1.03 bits per heavy atom. The van der Waals surface area contributed by atoms with Crippen molar-refractivity contribution in [2.24, 2.45) is 4.99 Å². The topological polar surface area (TPSA) is 171 Å². The fourth-order valence-corrected chi connectivity index (χ4v) is 5.40. The number of nitrogens with one attached hydrogen (secondary N) is 1. The van der Waals surface area contributed by atoms with Crippen LogP contribution in [0, 0.1) is 20.2 Å². The molecule has 194 valence electrons. The van der Waals surface area contributed by atoms with Gasteiger partial charge in [0.15, 0.2) is 5.17 Å². The molecule has 1 aliphatic rings. The Labute approximate surface area is 231 Å². The van der Waals surface area contributed by atoms with Gasteiger partial charge in [-0.3, -0.25) is 25.0 Å². The predicted octanol–water partition coefficient (Wildman–Crippen LogP) is 5.58. The first-order valence-electron chi connectivity index (χ1n) is 10.1. The fraction of sp³-hybridized carbons (Fsp3) is 0. The third-order valence-electron chi connectivity index (χ3n) is 4.80. The number of amides is 1. The molecule has 3 aromatic carbocycles. The summed E-state index contributed by atoms with van der Waals surface area (Å²) in [5, 5.41) is 24.9. The van der Waals surface area contributed by atoms with Crippen LogP contribution in [-0.2, 0) is 14.9 Å². The van der Waals surface area contributed by atoms with E-state index in [1.165, 1.54) is 36.4 Å². The van der Waals surface area contributed by atoms with Gasteiger partial charge in [-0.15, -0.1) is 0 Å². The summed E-state index contributed by atoms with van der Waals surface area (Å²) in [4.78, 5) is 37.4. The highest BCUT2D eigenvalue weighted by Gasteiger charge is 2.27. The van der Waals surface area contributed by atoms with Crippen LogP contribution >= 0.6 is 39.3 Å². The lowest BCUT2D eigenvalue weighted by molar-refractivity contribution is -0.384. The number of aliphatic imine (C=N–C) groups is 1. The number of hydrogen-bond acceptors (Lipinski definition) is 10. The highest BCUT2D eigenvalue weighted by atomic mass is 79.9. The number of nitro benzene ring substituents is 2. The zero-order chi connectivity index (χ0) is 27.6. The maximum Gasteiger partial charge on any atom is 0.339 e. The van der Waals surface area contributed by atoms with Crippen LogP contribution < -0.4 is 9.50 Å². The first-order valence-corrected chi connectivity index (χ1v) is 13.5. The van der Waals surface area contributed by atoms with Gasteiger partial charge in [0.05, 0.1) is 14.8 Å². The molecular formula is C22H12BrClN4O8S2. The molecule has 0 radical (unpaired) electrons. The SMILES string of the molecule is O=C1NC(=Nc2ccc(Cl)cc2[N+](=O)[O-])S/C1=C/c1cc(Br)ccc1OS(=O)(=O)c1ccc([N+](=O)[O-])cc1. The van der Waals surface area contributed by atoms with Crippen molar-refractivity contribution in [1.29, 1.82) is 0 Å². The van der Waals surface area contributed by atoms with Gasteiger partial charge in [0.2, 0.25) is 0 Å². The van der Waals surface area contributed by atoms with Crippen molar-refractivity contribution < 1.29 is 27.2 Å². The number of halogens is 2. The Hall–Kier alpha value is -3.79. The van der Waals surface area contributed by atoms with Gasteiger partial charge >= 0.3 is 10.1 Å². The number of carbonyl (C=O) groups excluding carboxylic acids is 1. The van der Waals surface area contributed by atoms with Gasteiger partial charge in [0.1, 0.15) is 16.3 Å². The molecule has 1 aliphatic heterocycles. The molecule has 1 saturated heterocycles. The van der Waals surface area contributed by atoms with Crippen molar-refractivity contribution in [3.8, 4) is 5.75 Å². The van der Waals surface area contributed by atoms with E-state index >= 15 is 0 Å². The highest BCUT2D eigenvalue weighted by molar-refractivity contribution is 9.10. The van der Waals surface area contributed by atoms with Gasteiger partial charge in [-0.05, 0) is 60.3 Å². The van der Waals surface area contributed by atoms with Crippen LogP contribution in [0.5, 0.6) is 5.75 Å². The van der Waals surface area contributed by atoms with E-state index in [-0.39, 0.29) is 48.4 Å². The molecule has 0 bridgehead atoms. The number of rotatable bonds is 7. The number of amidine groups is 1. The van der Waals surface area contributed by atoms with Crippen LogP contribution in [0.2, 0.25) is 5.02 Å². The number of non-ortho nitro benzene ring substituents is 1. The van der Waals surface area contributed by atoms with Crippen LogP contribution in [0.1, 0.15) is 5.56 Å². The van der Waals surface area contributed by atoms with Gasteiger partial charge in [-0.2, -0.15) is 8.42 Å². The van der Waals surface area contributed by atoms with E-state index in [0.29, 0.717) is 4.47 Å². The monoisotopic (exact) mass is 638 g/mol. The number of benzene rings is 3. The van der Waals surface area contributed by atoms with E-state index in [4.69, 9.17) is 15.8 Å². The average molecular weight is 640 g/mol. The summed E-state index contributed by atoms with van der Waals surface area (Å²) >= 11 is 9.99. The van der Waals surface area contributed by atoms with Crippen molar-refractivity contribution in [3.05, 3.63) is 101 Å². The molecule has 0 saturated carbocycles. The summed E-state index contributed by atoms with van der Waals surface area (Å²) in [7, 11) is -4.38. The Bertz CT molecular complexity index is 1660. The predicted molar refractivity (Wildman–Crippen MR) is 144 cm³/mol. The van der Waals surface area contributed by atoms with Gasteiger partial charge < -0.3 is 9.50 Å². The molecule has 0 unspecified atom stereocenters. The molecule has 3 aromatic rings. The van der Waals surface area contributed by atoms with Crippen LogP contribution in [0.3, 0.4) is 0 Å². The second-order valence-electron chi connectivity index (χ2n) is 7.34. The molecule has 0 spiro atoms. The summed E-state index contributed by atoms with van der Waals surface area (Å²) < 4.78 is 31.4. The normalized spacial score (nSPS) is 15.5. The van der Waals surface area contributed by atoms with E-state index in [2.05, 4.69) is 26.2 Å². The van der Waals surface area contributed by atoms with Gasteiger partial charge in [0, 0.05) is 33.3 Å². The molecule has 1 amide bonds. The second kappa shape index (κ2) is 10.9. The molecule has 38 heavy (non-hydrogen) atoms. The molecule has 0 aromatic heterocycles. The third kappa shape index (κ3) is 6.19. The lowest BCUT2D eigenvalue weighted by atomic mass is 10.2. The van der Waals surface area contributed by atoms with E-state index in [1.54, 1.807) is 0 Å². The lowest BCUT2D eigenvalue weighted by Crippen LogP contribution is -2.19. The Balaban J connectivity index is 1.64. The molecule has 1 fully saturated rings. The number of nitro groups is 2. The molecule has 0 atom stereocenters. The molecule has 1 N–H and O–H groups in total.